The van der Waals surface area contributed by atoms with Crippen LogP contribution in [0.1, 0.15) is 22.8 Å². The molecule has 148 valence electrons. The van der Waals surface area contributed by atoms with E-state index in [1.54, 1.807) is 24.4 Å². The molecule has 2 N–H and O–H groups in total. The van der Waals surface area contributed by atoms with E-state index in [1.807, 2.05) is 24.3 Å². The van der Waals surface area contributed by atoms with Gasteiger partial charge in [-0.05, 0) is 25.1 Å². The molecule has 3 aromatic rings. The van der Waals surface area contributed by atoms with Gasteiger partial charge in [0.05, 0.1) is 4.90 Å². The molecule has 0 saturated carbocycles. The molecular weight excluding hydrogens is 394 g/mol. The SMILES string of the molecule is CC(OC(=O)CN=C1NS(=O)(=O)c2ccccc21)C(=O)c1c[nH]c2ccccc12. The number of carbonyl (C=O) groups excluding carboxylic acids is 2. The van der Waals surface area contributed by atoms with Crippen LogP contribution in [0.15, 0.2) is 64.6 Å². The van der Waals surface area contributed by atoms with E-state index >= 15 is 0 Å². The smallest absolute Gasteiger partial charge is 0.328 e. The van der Waals surface area contributed by atoms with Crippen LogP contribution in [0, 0.1) is 0 Å². The number of Topliss-reactive ketones (excluding diaryl/α,β-unsaturated/α-hetero) is 1. The lowest BCUT2D eigenvalue weighted by Gasteiger charge is -2.11. The summed E-state index contributed by atoms with van der Waals surface area (Å²) in [6.07, 6.45) is 0.580. The average molecular weight is 411 g/mol. The molecular formula is C20H17N3O5S. The van der Waals surface area contributed by atoms with Gasteiger partial charge < -0.3 is 9.72 Å². The van der Waals surface area contributed by atoms with Crippen molar-refractivity contribution in [2.75, 3.05) is 6.54 Å². The fourth-order valence-corrected chi connectivity index (χ4v) is 4.43. The van der Waals surface area contributed by atoms with Gasteiger partial charge in [-0.2, -0.15) is 0 Å². The summed E-state index contributed by atoms with van der Waals surface area (Å²) in [5, 5.41) is 0.748. The van der Waals surface area contributed by atoms with Gasteiger partial charge in [-0.1, -0.05) is 30.3 Å². The summed E-state index contributed by atoms with van der Waals surface area (Å²) in [6, 6.07) is 13.7. The van der Waals surface area contributed by atoms with Crippen molar-refractivity contribution in [3.8, 4) is 0 Å². The fraction of sp³-hybridized carbons (Fsp3) is 0.150. The second-order valence-electron chi connectivity index (χ2n) is 6.51. The minimum atomic E-state index is -3.68. The summed E-state index contributed by atoms with van der Waals surface area (Å²) < 4.78 is 31.6. The molecule has 0 radical (unpaired) electrons. The van der Waals surface area contributed by atoms with Crippen LogP contribution >= 0.6 is 0 Å². The standard InChI is InChI=1S/C20H17N3O5S/c1-12(19(25)15-10-21-16-8-4-2-6-13(15)16)28-18(24)11-22-20-14-7-3-5-9-17(14)29(26,27)23-20/h2-10,12,21H,11H2,1H3,(H,22,23). The van der Waals surface area contributed by atoms with Crippen molar-refractivity contribution in [3.05, 3.63) is 65.9 Å². The van der Waals surface area contributed by atoms with Gasteiger partial charge >= 0.3 is 5.97 Å². The van der Waals surface area contributed by atoms with Crippen molar-refractivity contribution < 1.29 is 22.7 Å². The van der Waals surface area contributed by atoms with Crippen LogP contribution in [0.3, 0.4) is 0 Å². The summed E-state index contributed by atoms with van der Waals surface area (Å²) in [7, 11) is -3.68. The van der Waals surface area contributed by atoms with Crippen LogP contribution < -0.4 is 4.72 Å². The molecule has 0 bridgehead atoms. The van der Waals surface area contributed by atoms with E-state index in [2.05, 4.69) is 14.7 Å². The Hall–Kier alpha value is -3.46. The number of aliphatic imine (C=N–C) groups is 1. The Morgan fingerprint density at radius 1 is 1.10 bits per heavy atom. The zero-order chi connectivity index (χ0) is 20.6. The summed E-state index contributed by atoms with van der Waals surface area (Å²) in [5.41, 5.74) is 1.64. The summed E-state index contributed by atoms with van der Waals surface area (Å²) in [5.74, 6) is -0.995. The number of ketones is 1. The third-order valence-corrected chi connectivity index (χ3v) is 5.96. The molecule has 0 spiro atoms. The van der Waals surface area contributed by atoms with E-state index in [-0.39, 0.29) is 16.5 Å². The molecule has 0 amide bonds. The van der Waals surface area contributed by atoms with Crippen LogP contribution in [0.4, 0.5) is 0 Å². The number of rotatable bonds is 5. The number of benzene rings is 2. The number of aromatic nitrogens is 1. The number of nitrogens with zero attached hydrogens (tertiary/aromatic N) is 1. The van der Waals surface area contributed by atoms with E-state index in [9.17, 15) is 18.0 Å². The summed E-state index contributed by atoms with van der Waals surface area (Å²) in [4.78, 5) is 31.9. The second kappa shape index (κ2) is 7.17. The van der Waals surface area contributed by atoms with Crippen molar-refractivity contribution in [3.63, 3.8) is 0 Å². The zero-order valence-corrected chi connectivity index (χ0v) is 16.2. The Morgan fingerprint density at radius 2 is 1.83 bits per heavy atom. The molecule has 1 aliphatic rings. The van der Waals surface area contributed by atoms with Crippen molar-refractivity contribution in [2.45, 2.75) is 17.9 Å². The van der Waals surface area contributed by atoms with Gasteiger partial charge in [0.1, 0.15) is 12.4 Å². The number of H-pyrrole nitrogens is 1. The normalized spacial score (nSPS) is 16.9. The molecule has 4 rings (SSSR count). The number of hydrogen-bond donors (Lipinski definition) is 2. The van der Waals surface area contributed by atoms with Gasteiger partial charge in [-0.3, -0.25) is 19.3 Å². The largest absolute Gasteiger partial charge is 0.453 e. The monoisotopic (exact) mass is 411 g/mol. The maximum Gasteiger partial charge on any atom is 0.328 e. The molecule has 1 aromatic heterocycles. The van der Waals surface area contributed by atoms with Crippen LogP contribution in [-0.2, 0) is 19.6 Å². The van der Waals surface area contributed by atoms with Crippen LogP contribution in [0.5, 0.6) is 0 Å². The number of esters is 1. The maximum absolute atomic E-state index is 12.6. The molecule has 1 atom stereocenters. The first-order valence-electron chi connectivity index (χ1n) is 8.83. The highest BCUT2D eigenvalue weighted by Gasteiger charge is 2.30. The van der Waals surface area contributed by atoms with E-state index < -0.39 is 28.6 Å². The molecule has 0 saturated heterocycles. The number of carbonyl (C=O) groups is 2. The molecule has 0 fully saturated rings. The summed E-state index contributed by atoms with van der Waals surface area (Å²) >= 11 is 0. The number of sulfonamides is 1. The van der Waals surface area contributed by atoms with E-state index in [0.29, 0.717) is 11.1 Å². The third kappa shape index (κ3) is 3.52. The van der Waals surface area contributed by atoms with Crippen molar-refractivity contribution in [1.82, 2.24) is 9.71 Å². The molecule has 0 aliphatic carbocycles. The molecule has 2 heterocycles. The topological polar surface area (TPSA) is 118 Å². The highest BCUT2D eigenvalue weighted by Crippen LogP contribution is 2.22. The predicted molar refractivity (Wildman–Crippen MR) is 106 cm³/mol. The molecule has 9 heteroatoms. The van der Waals surface area contributed by atoms with Gasteiger partial charge in [0.15, 0.2) is 6.10 Å². The van der Waals surface area contributed by atoms with Crippen LogP contribution in [-0.4, -0.2) is 43.6 Å². The summed E-state index contributed by atoms with van der Waals surface area (Å²) in [6.45, 7) is 1.07. The minimum absolute atomic E-state index is 0.0770. The Labute approximate surface area is 166 Å². The second-order valence-corrected chi connectivity index (χ2v) is 8.16. The number of nitrogens with one attached hydrogen (secondary N) is 2. The lowest BCUT2D eigenvalue weighted by molar-refractivity contribution is -0.144. The van der Waals surface area contributed by atoms with Gasteiger partial charge in [0, 0.05) is 28.2 Å². The van der Waals surface area contributed by atoms with Gasteiger partial charge in [0.2, 0.25) is 5.78 Å². The van der Waals surface area contributed by atoms with Gasteiger partial charge in [-0.25, -0.2) is 8.42 Å². The molecule has 29 heavy (non-hydrogen) atoms. The first kappa shape index (κ1) is 18.9. The lowest BCUT2D eigenvalue weighted by atomic mass is 10.1. The van der Waals surface area contributed by atoms with Gasteiger partial charge in [-0.15, -0.1) is 0 Å². The Bertz CT molecular complexity index is 1260. The fourth-order valence-electron chi connectivity index (χ4n) is 3.18. The highest BCUT2D eigenvalue weighted by atomic mass is 32.2. The molecule has 1 aliphatic heterocycles. The molecule has 8 nitrogen and oxygen atoms in total. The average Bonchev–Trinajstić information content (AvgIpc) is 3.25. The van der Waals surface area contributed by atoms with Gasteiger partial charge in [0.25, 0.3) is 10.0 Å². The number of aromatic amines is 1. The van der Waals surface area contributed by atoms with E-state index in [0.717, 1.165) is 10.9 Å². The van der Waals surface area contributed by atoms with Crippen LogP contribution in [0.25, 0.3) is 10.9 Å². The maximum atomic E-state index is 12.6. The predicted octanol–water partition coefficient (Wildman–Crippen LogP) is 2.02. The quantitative estimate of drug-likeness (QED) is 0.492. The first-order chi connectivity index (χ1) is 13.9. The number of hydrogen-bond acceptors (Lipinski definition) is 6. The van der Waals surface area contributed by atoms with Crippen molar-refractivity contribution in [2.24, 2.45) is 4.99 Å². The Balaban J connectivity index is 1.45. The number of amidine groups is 1. The highest BCUT2D eigenvalue weighted by molar-refractivity contribution is 7.90. The van der Waals surface area contributed by atoms with E-state index in [4.69, 9.17) is 4.74 Å². The van der Waals surface area contributed by atoms with Crippen molar-refractivity contribution in [1.29, 1.82) is 0 Å². The Morgan fingerprint density at radius 3 is 2.66 bits per heavy atom. The number of fused-ring (bicyclic) bond motifs is 2. The van der Waals surface area contributed by atoms with Crippen molar-refractivity contribution >= 4 is 38.5 Å². The zero-order valence-electron chi connectivity index (χ0n) is 15.4. The number of ether oxygens (including phenoxy) is 1. The molecule has 2 aromatic carbocycles. The third-order valence-electron chi connectivity index (χ3n) is 4.56. The minimum Gasteiger partial charge on any atom is -0.453 e. The molecule has 1 unspecified atom stereocenters. The Kier molecular flexibility index (Phi) is 4.67. The lowest BCUT2D eigenvalue weighted by Crippen LogP contribution is -2.27. The van der Waals surface area contributed by atoms with Crippen LogP contribution in [0.2, 0.25) is 0 Å². The van der Waals surface area contributed by atoms with E-state index in [1.165, 1.54) is 13.0 Å². The first-order valence-corrected chi connectivity index (χ1v) is 10.3. The number of para-hydroxylation sites is 1.